The van der Waals surface area contributed by atoms with Crippen LogP contribution in [0.2, 0.25) is 0 Å². The van der Waals surface area contributed by atoms with Gasteiger partial charge in [0.1, 0.15) is 0 Å². The zero-order valence-corrected chi connectivity index (χ0v) is 18.8. The van der Waals surface area contributed by atoms with Gasteiger partial charge in [-0.2, -0.15) is 0 Å². The molecular formula is C24H33N6+. The number of tetrazole rings is 1. The Hall–Kier alpha value is -2.73. The van der Waals surface area contributed by atoms with E-state index in [9.17, 15) is 0 Å². The molecule has 0 aliphatic carbocycles. The number of quaternary nitrogens is 1. The molecule has 158 valence electrons. The minimum atomic E-state index is 0.142. The van der Waals surface area contributed by atoms with Crippen molar-refractivity contribution in [3.63, 3.8) is 0 Å². The van der Waals surface area contributed by atoms with Gasteiger partial charge in [-0.1, -0.05) is 42.0 Å². The highest BCUT2D eigenvalue weighted by Crippen LogP contribution is 2.24. The monoisotopic (exact) mass is 405 g/mol. The zero-order chi connectivity index (χ0) is 21.3. The average Bonchev–Trinajstić information content (AvgIpc) is 3.22. The normalized spacial score (nSPS) is 16.3. The van der Waals surface area contributed by atoms with Crippen molar-refractivity contribution < 1.29 is 4.90 Å². The maximum atomic E-state index is 4.48. The van der Waals surface area contributed by atoms with Gasteiger partial charge in [0.25, 0.3) is 0 Å². The van der Waals surface area contributed by atoms with Crippen LogP contribution >= 0.6 is 0 Å². The molecule has 6 heteroatoms. The summed E-state index contributed by atoms with van der Waals surface area (Å²) in [6.45, 7) is 15.0. The van der Waals surface area contributed by atoms with Gasteiger partial charge in [-0.15, -0.1) is 5.10 Å². The maximum absolute atomic E-state index is 4.48. The number of piperazine rings is 1. The largest absolute Gasteiger partial charge is 0.360 e. The second kappa shape index (κ2) is 8.56. The molecule has 1 fully saturated rings. The molecule has 0 unspecified atom stereocenters. The van der Waals surface area contributed by atoms with Gasteiger partial charge >= 0.3 is 0 Å². The van der Waals surface area contributed by atoms with E-state index in [4.69, 9.17) is 0 Å². The van der Waals surface area contributed by atoms with Crippen molar-refractivity contribution in [3.05, 3.63) is 70.5 Å². The molecule has 30 heavy (non-hydrogen) atoms. The second-order valence-corrected chi connectivity index (χ2v) is 8.78. The molecule has 0 spiro atoms. The van der Waals surface area contributed by atoms with Crippen LogP contribution in [0, 0.1) is 20.8 Å². The standard InChI is InChI=1S/C24H32N6/c1-17(2)30-24(25-26-27-30)23(21-11-9-18(3)10-12-21)29-15-13-28(14-16-29)22-8-6-7-19(4)20(22)5/h6-12,17,23H,13-16H2,1-5H3/p+1/t23-/m0/s1. The molecule has 1 saturated heterocycles. The van der Waals surface area contributed by atoms with E-state index in [2.05, 4.69) is 97.5 Å². The minimum Gasteiger partial charge on any atom is -0.360 e. The van der Waals surface area contributed by atoms with Crippen LogP contribution in [0.1, 0.15) is 54.0 Å². The summed E-state index contributed by atoms with van der Waals surface area (Å²) >= 11 is 0. The first-order chi connectivity index (χ1) is 14.5. The van der Waals surface area contributed by atoms with Crippen LogP contribution in [-0.4, -0.2) is 46.4 Å². The van der Waals surface area contributed by atoms with Crippen LogP contribution < -0.4 is 9.80 Å². The number of aryl methyl sites for hydroxylation is 2. The molecule has 1 N–H and O–H groups in total. The number of benzene rings is 2. The highest BCUT2D eigenvalue weighted by Gasteiger charge is 2.34. The van der Waals surface area contributed by atoms with Gasteiger partial charge < -0.3 is 9.80 Å². The van der Waals surface area contributed by atoms with E-state index in [1.165, 1.54) is 32.8 Å². The molecule has 6 nitrogen and oxygen atoms in total. The maximum Gasteiger partial charge on any atom is 0.214 e. The Morgan fingerprint density at radius 2 is 1.63 bits per heavy atom. The number of hydrogen-bond acceptors (Lipinski definition) is 4. The van der Waals surface area contributed by atoms with Crippen molar-refractivity contribution in [3.8, 4) is 0 Å². The fraction of sp³-hybridized carbons (Fsp3) is 0.458. The molecule has 4 rings (SSSR count). The van der Waals surface area contributed by atoms with Crippen LogP contribution in [0.5, 0.6) is 0 Å². The molecule has 2 aromatic carbocycles. The third-order valence-electron chi connectivity index (χ3n) is 6.41. The Morgan fingerprint density at radius 3 is 2.30 bits per heavy atom. The number of hydrogen-bond donors (Lipinski definition) is 1. The Labute approximate surface area is 179 Å². The summed E-state index contributed by atoms with van der Waals surface area (Å²) in [6.07, 6.45) is 0. The van der Waals surface area contributed by atoms with Gasteiger partial charge in [0.15, 0.2) is 6.04 Å². The summed E-state index contributed by atoms with van der Waals surface area (Å²) in [6, 6.07) is 15.9. The van der Waals surface area contributed by atoms with Gasteiger partial charge in [-0.3, -0.25) is 0 Å². The highest BCUT2D eigenvalue weighted by molar-refractivity contribution is 5.56. The quantitative estimate of drug-likeness (QED) is 0.709. The van der Waals surface area contributed by atoms with Gasteiger partial charge in [-0.25, -0.2) is 4.68 Å². The van der Waals surface area contributed by atoms with Crippen LogP contribution in [0.25, 0.3) is 0 Å². The lowest BCUT2D eigenvalue weighted by Crippen LogP contribution is -3.15. The molecule has 0 radical (unpaired) electrons. The molecule has 1 aromatic heterocycles. The van der Waals surface area contributed by atoms with E-state index in [0.717, 1.165) is 32.0 Å². The predicted molar refractivity (Wildman–Crippen MR) is 120 cm³/mol. The van der Waals surface area contributed by atoms with Gasteiger partial charge in [0, 0.05) is 11.3 Å². The van der Waals surface area contributed by atoms with Crippen molar-refractivity contribution in [1.82, 2.24) is 20.2 Å². The summed E-state index contributed by atoms with van der Waals surface area (Å²) in [5.74, 6) is 0.962. The average molecular weight is 406 g/mol. The van der Waals surface area contributed by atoms with Gasteiger partial charge in [0.05, 0.1) is 32.2 Å². The first-order valence-corrected chi connectivity index (χ1v) is 11.0. The number of nitrogens with zero attached hydrogens (tertiary/aromatic N) is 5. The van der Waals surface area contributed by atoms with Crippen molar-refractivity contribution in [2.75, 3.05) is 31.1 Å². The number of anilines is 1. The zero-order valence-electron chi connectivity index (χ0n) is 18.8. The lowest BCUT2D eigenvalue weighted by atomic mass is 10.0. The molecule has 2 heterocycles. The van der Waals surface area contributed by atoms with E-state index < -0.39 is 0 Å². The SMILES string of the molecule is Cc1ccc([C@@H](c2nnnn2C(C)C)[NH+]2CCN(c3cccc(C)c3C)CC2)cc1. The Morgan fingerprint density at radius 1 is 0.933 bits per heavy atom. The highest BCUT2D eigenvalue weighted by atomic mass is 15.6. The Balaban J connectivity index is 1.62. The minimum absolute atomic E-state index is 0.142. The topological polar surface area (TPSA) is 51.3 Å². The van der Waals surface area contributed by atoms with E-state index in [0.29, 0.717) is 0 Å². The first kappa shape index (κ1) is 20.5. The van der Waals surface area contributed by atoms with Gasteiger partial charge in [0.2, 0.25) is 5.82 Å². The van der Waals surface area contributed by atoms with E-state index in [1.807, 2.05) is 4.68 Å². The molecule has 0 bridgehead atoms. The lowest BCUT2D eigenvalue weighted by Gasteiger charge is -2.38. The van der Waals surface area contributed by atoms with Crippen molar-refractivity contribution in [1.29, 1.82) is 0 Å². The summed E-state index contributed by atoms with van der Waals surface area (Å²) in [4.78, 5) is 4.06. The predicted octanol–water partition coefficient (Wildman–Crippen LogP) is 2.67. The van der Waals surface area contributed by atoms with Crippen LogP contribution in [0.15, 0.2) is 42.5 Å². The van der Waals surface area contributed by atoms with Crippen LogP contribution in [-0.2, 0) is 0 Å². The lowest BCUT2D eigenvalue weighted by molar-refractivity contribution is -0.927. The summed E-state index contributed by atoms with van der Waals surface area (Å²) in [5.41, 5.74) is 6.67. The summed E-state index contributed by atoms with van der Waals surface area (Å²) in [7, 11) is 0. The Kier molecular flexibility index (Phi) is 5.86. The van der Waals surface area contributed by atoms with E-state index in [-0.39, 0.29) is 12.1 Å². The van der Waals surface area contributed by atoms with Crippen molar-refractivity contribution in [2.24, 2.45) is 0 Å². The van der Waals surface area contributed by atoms with E-state index >= 15 is 0 Å². The number of aromatic nitrogens is 4. The van der Waals surface area contributed by atoms with E-state index in [1.54, 1.807) is 0 Å². The van der Waals surface area contributed by atoms with Crippen LogP contribution in [0.3, 0.4) is 0 Å². The third kappa shape index (κ3) is 3.97. The fourth-order valence-electron chi connectivity index (χ4n) is 4.49. The number of rotatable bonds is 5. The molecule has 0 saturated carbocycles. The molecule has 3 aromatic rings. The molecule has 0 amide bonds. The van der Waals surface area contributed by atoms with Crippen molar-refractivity contribution in [2.45, 2.75) is 46.7 Å². The fourth-order valence-corrected chi connectivity index (χ4v) is 4.49. The number of nitrogens with one attached hydrogen (secondary N) is 1. The molecule has 1 aliphatic rings. The first-order valence-electron chi connectivity index (χ1n) is 11.0. The summed E-state index contributed by atoms with van der Waals surface area (Å²) in [5, 5.41) is 12.8. The van der Waals surface area contributed by atoms with Crippen molar-refractivity contribution >= 4 is 5.69 Å². The second-order valence-electron chi connectivity index (χ2n) is 8.78. The molecular weight excluding hydrogens is 372 g/mol. The molecule has 1 aliphatic heterocycles. The van der Waals surface area contributed by atoms with Crippen LogP contribution in [0.4, 0.5) is 5.69 Å². The third-order valence-corrected chi connectivity index (χ3v) is 6.41. The smallest absolute Gasteiger partial charge is 0.214 e. The summed E-state index contributed by atoms with van der Waals surface area (Å²) < 4.78 is 1.98. The Bertz CT molecular complexity index is 983. The van der Waals surface area contributed by atoms with Gasteiger partial charge in [-0.05, 0) is 62.2 Å². The molecule has 1 atom stereocenters.